The number of anilines is 1. The van der Waals surface area contributed by atoms with E-state index < -0.39 is 0 Å². The number of hydrogen-bond acceptors (Lipinski definition) is 5. The first-order valence-corrected chi connectivity index (χ1v) is 10.5. The zero-order valence-electron chi connectivity index (χ0n) is 17.6. The van der Waals surface area contributed by atoms with Crippen LogP contribution in [-0.4, -0.2) is 47.5 Å². The maximum atomic E-state index is 12.9. The molecular formula is C23H27N5O3. The van der Waals surface area contributed by atoms with Crippen LogP contribution in [0.3, 0.4) is 0 Å². The fraction of sp³-hybridized carbons (Fsp3) is 0.348. The molecule has 2 N–H and O–H groups in total. The second-order valence-electron chi connectivity index (χ2n) is 7.61. The van der Waals surface area contributed by atoms with Crippen LogP contribution in [0.2, 0.25) is 0 Å². The van der Waals surface area contributed by atoms with Gasteiger partial charge in [-0.2, -0.15) is 5.10 Å². The van der Waals surface area contributed by atoms with Crippen molar-refractivity contribution in [1.29, 1.82) is 0 Å². The number of ether oxygens (including phenoxy) is 1. The van der Waals surface area contributed by atoms with Crippen molar-refractivity contribution in [3.8, 4) is 5.75 Å². The highest BCUT2D eigenvalue weighted by Gasteiger charge is 2.15. The number of amides is 2. The van der Waals surface area contributed by atoms with Gasteiger partial charge in [0, 0.05) is 23.7 Å². The second kappa shape index (κ2) is 9.61. The molecule has 2 amide bonds. The predicted molar refractivity (Wildman–Crippen MR) is 121 cm³/mol. The van der Waals surface area contributed by atoms with Crippen LogP contribution in [0.5, 0.6) is 5.75 Å². The smallest absolute Gasteiger partial charge is 0.319 e. The number of nitrogens with one attached hydrogen (secondary N) is 2. The molecule has 1 aliphatic heterocycles. The van der Waals surface area contributed by atoms with Crippen molar-refractivity contribution in [2.45, 2.75) is 25.9 Å². The maximum Gasteiger partial charge on any atom is 0.319 e. The molecule has 0 bridgehead atoms. The molecule has 1 aromatic heterocycles. The summed E-state index contributed by atoms with van der Waals surface area (Å²) in [5, 5.41) is 11.6. The van der Waals surface area contributed by atoms with E-state index in [4.69, 9.17) is 4.74 Å². The Morgan fingerprint density at radius 1 is 1.06 bits per heavy atom. The molecule has 8 nitrogen and oxygen atoms in total. The number of nitrogens with zero attached hydrogens (tertiary/aromatic N) is 3. The maximum absolute atomic E-state index is 12.9. The number of carbonyl (C=O) groups excluding carboxylic acids is 1. The molecule has 0 unspecified atom stereocenters. The Labute approximate surface area is 180 Å². The van der Waals surface area contributed by atoms with Crippen molar-refractivity contribution in [2.75, 3.05) is 32.1 Å². The third-order valence-electron chi connectivity index (χ3n) is 5.51. The van der Waals surface area contributed by atoms with Crippen LogP contribution in [0.15, 0.2) is 53.3 Å². The number of methoxy groups -OCH3 is 1. The van der Waals surface area contributed by atoms with E-state index >= 15 is 0 Å². The van der Waals surface area contributed by atoms with Crippen LogP contribution in [0.1, 0.15) is 18.5 Å². The van der Waals surface area contributed by atoms with Crippen LogP contribution in [0.25, 0.3) is 10.8 Å². The summed E-state index contributed by atoms with van der Waals surface area (Å²) in [6, 6.07) is 14.2. The number of likely N-dealkylation sites (tertiary alicyclic amines) is 1. The lowest BCUT2D eigenvalue weighted by molar-refractivity contribution is 0.251. The van der Waals surface area contributed by atoms with Crippen LogP contribution >= 0.6 is 0 Å². The first kappa shape index (κ1) is 20.9. The molecule has 4 rings (SSSR count). The molecule has 2 aromatic carbocycles. The van der Waals surface area contributed by atoms with Gasteiger partial charge in [-0.25, -0.2) is 9.48 Å². The molecular weight excluding hydrogens is 394 g/mol. The van der Waals surface area contributed by atoms with E-state index in [1.165, 1.54) is 17.5 Å². The zero-order valence-corrected chi connectivity index (χ0v) is 17.6. The molecule has 1 saturated heterocycles. The van der Waals surface area contributed by atoms with Crippen molar-refractivity contribution in [2.24, 2.45) is 0 Å². The lowest BCUT2D eigenvalue weighted by Gasteiger charge is -2.16. The van der Waals surface area contributed by atoms with Gasteiger partial charge in [-0.05, 0) is 44.1 Å². The molecule has 0 spiro atoms. The number of aromatic nitrogens is 2. The zero-order chi connectivity index (χ0) is 21.6. The first-order chi connectivity index (χ1) is 15.1. The minimum Gasteiger partial charge on any atom is -0.497 e. The van der Waals surface area contributed by atoms with E-state index in [1.54, 1.807) is 25.3 Å². The Morgan fingerprint density at radius 2 is 1.84 bits per heavy atom. The van der Waals surface area contributed by atoms with E-state index in [9.17, 15) is 9.59 Å². The standard InChI is InChI=1S/C23H27N5O3/c1-31-18-8-6-7-17(15-18)25-23(30)24-16-21-19-9-2-3-10-20(19)22(29)28(26-21)14-13-27-11-4-5-12-27/h2-3,6-10,15H,4-5,11-14,16H2,1H3,(H2,24,25,30). The van der Waals surface area contributed by atoms with Gasteiger partial charge in [0.25, 0.3) is 5.56 Å². The summed E-state index contributed by atoms with van der Waals surface area (Å²) in [4.78, 5) is 27.7. The molecule has 1 fully saturated rings. The lowest BCUT2D eigenvalue weighted by Crippen LogP contribution is -2.33. The molecule has 3 aromatic rings. The predicted octanol–water partition coefficient (Wildman–Crippen LogP) is 2.82. The van der Waals surface area contributed by atoms with Gasteiger partial charge < -0.3 is 20.3 Å². The third kappa shape index (κ3) is 5.03. The average Bonchev–Trinajstić information content (AvgIpc) is 3.32. The third-order valence-corrected chi connectivity index (χ3v) is 5.51. The monoisotopic (exact) mass is 421 g/mol. The van der Waals surface area contributed by atoms with Crippen molar-refractivity contribution < 1.29 is 9.53 Å². The van der Waals surface area contributed by atoms with Crippen LogP contribution in [0.4, 0.5) is 10.5 Å². The van der Waals surface area contributed by atoms with Crippen molar-refractivity contribution in [3.05, 3.63) is 64.6 Å². The van der Waals surface area contributed by atoms with Gasteiger partial charge in [0.15, 0.2) is 0 Å². The molecule has 0 radical (unpaired) electrons. The summed E-state index contributed by atoms with van der Waals surface area (Å²) in [6.45, 7) is 3.68. The summed E-state index contributed by atoms with van der Waals surface area (Å²) in [5.41, 5.74) is 1.20. The fourth-order valence-electron chi connectivity index (χ4n) is 3.87. The fourth-order valence-corrected chi connectivity index (χ4v) is 3.87. The SMILES string of the molecule is COc1cccc(NC(=O)NCc2nn(CCN3CCCC3)c(=O)c3ccccc23)c1. The van der Waals surface area contributed by atoms with Gasteiger partial charge in [-0.15, -0.1) is 0 Å². The number of benzene rings is 2. The average molecular weight is 422 g/mol. The van der Waals surface area contributed by atoms with E-state index in [0.717, 1.165) is 25.0 Å². The van der Waals surface area contributed by atoms with E-state index in [1.807, 2.05) is 30.3 Å². The van der Waals surface area contributed by atoms with Gasteiger partial charge in [-0.3, -0.25) is 4.79 Å². The van der Waals surface area contributed by atoms with Gasteiger partial charge in [0.05, 0.1) is 31.3 Å². The van der Waals surface area contributed by atoms with Gasteiger partial charge in [-0.1, -0.05) is 24.3 Å². The van der Waals surface area contributed by atoms with Crippen molar-refractivity contribution in [1.82, 2.24) is 20.0 Å². The number of fused-ring (bicyclic) bond motifs is 1. The number of carbonyl (C=O) groups is 1. The second-order valence-corrected chi connectivity index (χ2v) is 7.61. The molecule has 8 heteroatoms. The highest BCUT2D eigenvalue weighted by molar-refractivity contribution is 5.90. The van der Waals surface area contributed by atoms with E-state index in [0.29, 0.717) is 29.1 Å². The number of rotatable bonds is 7. The van der Waals surface area contributed by atoms with E-state index in [2.05, 4.69) is 20.6 Å². The molecule has 0 saturated carbocycles. The number of urea groups is 1. The van der Waals surface area contributed by atoms with Gasteiger partial charge in [0.2, 0.25) is 0 Å². The Balaban J connectivity index is 1.49. The normalized spacial score (nSPS) is 14.0. The molecule has 31 heavy (non-hydrogen) atoms. The molecule has 1 aliphatic rings. The summed E-state index contributed by atoms with van der Waals surface area (Å²) >= 11 is 0. The molecule has 162 valence electrons. The van der Waals surface area contributed by atoms with Crippen LogP contribution < -0.4 is 20.9 Å². The van der Waals surface area contributed by atoms with E-state index in [-0.39, 0.29) is 18.1 Å². The lowest BCUT2D eigenvalue weighted by atomic mass is 10.1. The molecule has 0 atom stereocenters. The Bertz CT molecular complexity index is 1120. The topological polar surface area (TPSA) is 88.5 Å². The molecule has 2 heterocycles. The van der Waals surface area contributed by atoms with Gasteiger partial charge >= 0.3 is 6.03 Å². The van der Waals surface area contributed by atoms with Crippen LogP contribution in [0, 0.1) is 0 Å². The molecule has 0 aliphatic carbocycles. The Hall–Kier alpha value is -3.39. The summed E-state index contributed by atoms with van der Waals surface area (Å²) in [6.07, 6.45) is 2.41. The largest absolute Gasteiger partial charge is 0.497 e. The summed E-state index contributed by atoms with van der Waals surface area (Å²) in [5.74, 6) is 0.663. The summed E-state index contributed by atoms with van der Waals surface area (Å²) < 4.78 is 6.71. The number of hydrogen-bond donors (Lipinski definition) is 2. The highest BCUT2D eigenvalue weighted by Crippen LogP contribution is 2.17. The Kier molecular flexibility index (Phi) is 6.47. The first-order valence-electron chi connectivity index (χ1n) is 10.5. The highest BCUT2D eigenvalue weighted by atomic mass is 16.5. The van der Waals surface area contributed by atoms with Crippen molar-refractivity contribution in [3.63, 3.8) is 0 Å². The van der Waals surface area contributed by atoms with Crippen molar-refractivity contribution >= 4 is 22.5 Å². The Morgan fingerprint density at radius 3 is 2.61 bits per heavy atom. The quantitative estimate of drug-likeness (QED) is 0.612. The van der Waals surface area contributed by atoms with Crippen LogP contribution in [-0.2, 0) is 13.1 Å². The summed E-state index contributed by atoms with van der Waals surface area (Å²) in [7, 11) is 1.58. The van der Waals surface area contributed by atoms with Gasteiger partial charge in [0.1, 0.15) is 5.75 Å². The minimum absolute atomic E-state index is 0.0978. The minimum atomic E-state index is -0.353.